The van der Waals surface area contributed by atoms with Crippen LogP contribution < -0.4 is 10.0 Å². The van der Waals surface area contributed by atoms with Crippen LogP contribution in [-0.2, 0) is 21.9 Å². The first-order valence-corrected chi connectivity index (χ1v) is 8.27. The van der Waals surface area contributed by atoms with Gasteiger partial charge in [0.05, 0.1) is 11.3 Å². The normalized spacial score (nSPS) is 19.6. The third kappa shape index (κ3) is 2.91. The Hall–Kier alpha value is -1.93. The van der Waals surface area contributed by atoms with Crippen LogP contribution in [0.1, 0.15) is 6.42 Å². The molecule has 0 radical (unpaired) electrons. The van der Waals surface area contributed by atoms with Crippen LogP contribution in [0.5, 0.6) is 0 Å². The van der Waals surface area contributed by atoms with Gasteiger partial charge in [-0.15, -0.1) is 0 Å². The topological polar surface area (TPSA) is 98.3 Å². The van der Waals surface area contributed by atoms with Gasteiger partial charge in [-0.2, -0.15) is 5.10 Å². The Labute approximate surface area is 122 Å². The first-order valence-electron chi connectivity index (χ1n) is 6.56. The van der Waals surface area contributed by atoms with Crippen LogP contribution in [-0.4, -0.2) is 36.4 Å². The second kappa shape index (κ2) is 4.81. The average molecular weight is 308 g/mol. The van der Waals surface area contributed by atoms with E-state index in [1.165, 1.54) is 0 Å². The van der Waals surface area contributed by atoms with Crippen molar-refractivity contribution < 1.29 is 13.2 Å². The minimum atomic E-state index is -3.56. The lowest BCUT2D eigenvalue weighted by atomic mass is 10.1. The number of fused-ring (bicyclic) bond motifs is 1. The highest BCUT2D eigenvalue weighted by Gasteiger charge is 2.32. The SMILES string of the molecule is Cn1cc2cc(N3CC(CS(N)(=O)=O)CC3=O)ccc2n1. The molecule has 1 aromatic carbocycles. The number of aryl methyl sites for hydroxylation is 1. The molecule has 112 valence electrons. The van der Waals surface area contributed by atoms with Gasteiger partial charge in [0.15, 0.2) is 0 Å². The van der Waals surface area contributed by atoms with Crippen LogP contribution in [0.4, 0.5) is 5.69 Å². The number of amides is 1. The lowest BCUT2D eigenvalue weighted by Gasteiger charge is -2.16. The Kier molecular flexibility index (Phi) is 3.22. The van der Waals surface area contributed by atoms with E-state index in [4.69, 9.17) is 5.14 Å². The predicted octanol–water partition coefficient (Wildman–Crippen LogP) is 0.215. The number of benzene rings is 1. The summed E-state index contributed by atoms with van der Waals surface area (Å²) in [7, 11) is -1.72. The zero-order chi connectivity index (χ0) is 15.2. The van der Waals surface area contributed by atoms with E-state index in [1.807, 2.05) is 31.4 Å². The summed E-state index contributed by atoms with van der Waals surface area (Å²) in [6.45, 7) is 0.376. The molecule has 7 nitrogen and oxygen atoms in total. The highest BCUT2D eigenvalue weighted by Crippen LogP contribution is 2.28. The summed E-state index contributed by atoms with van der Waals surface area (Å²) < 4.78 is 24.0. The van der Waals surface area contributed by atoms with E-state index in [0.717, 1.165) is 16.6 Å². The first kappa shape index (κ1) is 14.0. The van der Waals surface area contributed by atoms with E-state index < -0.39 is 10.0 Å². The van der Waals surface area contributed by atoms with Gasteiger partial charge in [-0.05, 0) is 18.2 Å². The smallest absolute Gasteiger partial charge is 0.227 e. The minimum Gasteiger partial charge on any atom is -0.312 e. The molecule has 1 atom stereocenters. The molecule has 1 aliphatic rings. The number of nitrogens with two attached hydrogens (primary N) is 1. The molecule has 0 saturated carbocycles. The Morgan fingerprint density at radius 2 is 2.19 bits per heavy atom. The zero-order valence-electron chi connectivity index (χ0n) is 11.6. The van der Waals surface area contributed by atoms with E-state index in [0.29, 0.717) is 6.54 Å². The zero-order valence-corrected chi connectivity index (χ0v) is 12.4. The summed E-state index contributed by atoms with van der Waals surface area (Å²) >= 11 is 0. The van der Waals surface area contributed by atoms with Crippen molar-refractivity contribution in [1.29, 1.82) is 0 Å². The van der Waals surface area contributed by atoms with Gasteiger partial charge in [0.2, 0.25) is 15.9 Å². The van der Waals surface area contributed by atoms with E-state index in [-0.39, 0.29) is 24.0 Å². The number of sulfonamides is 1. The Morgan fingerprint density at radius 3 is 2.90 bits per heavy atom. The molecule has 0 spiro atoms. The van der Waals surface area contributed by atoms with Crippen molar-refractivity contribution in [3.05, 3.63) is 24.4 Å². The molecule has 8 heteroatoms. The maximum absolute atomic E-state index is 12.1. The van der Waals surface area contributed by atoms with E-state index >= 15 is 0 Å². The number of hydrogen-bond acceptors (Lipinski definition) is 4. The molecule has 3 rings (SSSR count). The number of primary sulfonamides is 1. The molecule has 2 aromatic rings. The van der Waals surface area contributed by atoms with Gasteiger partial charge >= 0.3 is 0 Å². The number of anilines is 1. The fourth-order valence-electron chi connectivity index (χ4n) is 2.78. The van der Waals surface area contributed by atoms with E-state index in [2.05, 4.69) is 5.10 Å². The van der Waals surface area contributed by atoms with Crippen LogP contribution in [0.15, 0.2) is 24.4 Å². The second-order valence-corrected chi connectivity index (χ2v) is 7.11. The van der Waals surface area contributed by atoms with E-state index in [9.17, 15) is 13.2 Å². The van der Waals surface area contributed by atoms with Gasteiger partial charge in [-0.25, -0.2) is 13.6 Å². The highest BCUT2D eigenvalue weighted by molar-refractivity contribution is 7.89. The van der Waals surface area contributed by atoms with Crippen LogP contribution in [0.25, 0.3) is 10.9 Å². The van der Waals surface area contributed by atoms with Crippen molar-refractivity contribution in [3.63, 3.8) is 0 Å². The Balaban J connectivity index is 1.86. The van der Waals surface area contributed by atoms with Crippen LogP contribution >= 0.6 is 0 Å². The van der Waals surface area contributed by atoms with Gasteiger partial charge in [0.1, 0.15) is 0 Å². The van der Waals surface area contributed by atoms with Crippen molar-refractivity contribution in [2.45, 2.75) is 6.42 Å². The Bertz CT molecular complexity index is 812. The molecule has 0 aliphatic carbocycles. The molecule has 1 fully saturated rings. The van der Waals surface area contributed by atoms with E-state index in [1.54, 1.807) is 9.58 Å². The van der Waals surface area contributed by atoms with Gasteiger partial charge in [-0.1, -0.05) is 0 Å². The molecular weight excluding hydrogens is 292 g/mol. The van der Waals surface area contributed by atoms with Crippen molar-refractivity contribution in [3.8, 4) is 0 Å². The van der Waals surface area contributed by atoms with Crippen molar-refractivity contribution in [2.24, 2.45) is 18.1 Å². The van der Waals surface area contributed by atoms with Gasteiger partial charge in [0, 0.05) is 43.2 Å². The van der Waals surface area contributed by atoms with Crippen molar-refractivity contribution >= 4 is 32.5 Å². The summed E-state index contributed by atoms with van der Waals surface area (Å²) in [4.78, 5) is 13.7. The molecule has 21 heavy (non-hydrogen) atoms. The molecule has 2 heterocycles. The molecule has 0 bridgehead atoms. The average Bonchev–Trinajstić information content (AvgIpc) is 2.88. The quantitative estimate of drug-likeness (QED) is 0.876. The standard InChI is InChI=1S/C13H16N4O3S/c1-16-7-10-5-11(2-3-12(10)15-16)17-6-9(4-13(17)18)8-21(14,19)20/h2-3,5,7,9H,4,6,8H2,1H3,(H2,14,19,20). The number of nitrogens with zero attached hydrogens (tertiary/aromatic N) is 3. The van der Waals surface area contributed by atoms with Gasteiger partial charge in [-0.3, -0.25) is 9.48 Å². The summed E-state index contributed by atoms with van der Waals surface area (Å²) in [5.74, 6) is -0.492. The lowest BCUT2D eigenvalue weighted by molar-refractivity contribution is -0.117. The highest BCUT2D eigenvalue weighted by atomic mass is 32.2. The minimum absolute atomic E-state index is 0.0770. The maximum atomic E-state index is 12.1. The van der Waals surface area contributed by atoms with Gasteiger partial charge < -0.3 is 4.90 Å². The number of carbonyl (C=O) groups excluding carboxylic acids is 1. The molecule has 1 amide bonds. The van der Waals surface area contributed by atoms with Crippen molar-refractivity contribution in [1.82, 2.24) is 9.78 Å². The number of hydrogen-bond donors (Lipinski definition) is 1. The molecule has 1 aliphatic heterocycles. The van der Waals surface area contributed by atoms with Crippen LogP contribution in [0, 0.1) is 5.92 Å². The Morgan fingerprint density at radius 1 is 1.43 bits per heavy atom. The molecular formula is C13H16N4O3S. The summed E-state index contributed by atoms with van der Waals surface area (Å²) in [6, 6.07) is 5.57. The number of aromatic nitrogens is 2. The fraction of sp³-hybridized carbons (Fsp3) is 0.385. The number of carbonyl (C=O) groups is 1. The maximum Gasteiger partial charge on any atom is 0.227 e. The summed E-state index contributed by atoms with van der Waals surface area (Å²) in [5.41, 5.74) is 1.62. The third-order valence-electron chi connectivity index (χ3n) is 3.59. The van der Waals surface area contributed by atoms with Crippen molar-refractivity contribution in [2.75, 3.05) is 17.2 Å². The third-order valence-corrected chi connectivity index (χ3v) is 4.52. The monoisotopic (exact) mass is 308 g/mol. The van der Waals surface area contributed by atoms with Crippen LogP contribution in [0.2, 0.25) is 0 Å². The van der Waals surface area contributed by atoms with Gasteiger partial charge in [0.25, 0.3) is 0 Å². The lowest BCUT2D eigenvalue weighted by Crippen LogP contribution is -2.27. The van der Waals surface area contributed by atoms with Crippen LogP contribution in [0.3, 0.4) is 0 Å². The second-order valence-electron chi connectivity index (χ2n) is 5.45. The molecule has 1 aromatic heterocycles. The summed E-state index contributed by atoms with van der Waals surface area (Å²) in [6.07, 6.45) is 2.09. The molecule has 2 N–H and O–H groups in total. The summed E-state index contributed by atoms with van der Waals surface area (Å²) in [5, 5.41) is 10.3. The predicted molar refractivity (Wildman–Crippen MR) is 79.1 cm³/mol. The number of rotatable bonds is 3. The fourth-order valence-corrected chi connectivity index (χ4v) is 3.66. The first-order chi connectivity index (χ1) is 9.82. The molecule has 1 saturated heterocycles. The largest absolute Gasteiger partial charge is 0.312 e. The molecule has 1 unspecified atom stereocenters.